The van der Waals surface area contributed by atoms with Gasteiger partial charge in [0.1, 0.15) is 0 Å². The lowest BCUT2D eigenvalue weighted by Crippen LogP contribution is -2.22. The maximum Gasteiger partial charge on any atom is 0.258 e. The molecule has 0 atom stereocenters. The van der Waals surface area contributed by atoms with E-state index >= 15 is 0 Å². The number of benzene rings is 2. The van der Waals surface area contributed by atoms with Gasteiger partial charge in [0, 0.05) is 37.5 Å². The molecule has 27 heavy (non-hydrogen) atoms. The highest BCUT2D eigenvalue weighted by molar-refractivity contribution is 6.04. The highest BCUT2D eigenvalue weighted by Crippen LogP contribution is 2.25. The van der Waals surface area contributed by atoms with Gasteiger partial charge in [-0.3, -0.25) is 14.9 Å². The van der Waals surface area contributed by atoms with Crippen molar-refractivity contribution < 1.29 is 9.59 Å². The molecule has 1 heterocycles. The lowest BCUT2D eigenvalue weighted by Gasteiger charge is -2.14. The minimum Gasteiger partial charge on any atom is -0.399 e. The van der Waals surface area contributed by atoms with E-state index in [9.17, 15) is 9.59 Å². The third-order valence-corrected chi connectivity index (χ3v) is 4.41. The second-order valence-electron chi connectivity index (χ2n) is 6.42. The number of carbonyl (C=O) groups excluding carboxylic acids is 2. The predicted octanol–water partition coefficient (Wildman–Crippen LogP) is 3.26. The molecule has 3 aromatic rings. The first-order chi connectivity index (χ1) is 12.9. The van der Waals surface area contributed by atoms with E-state index in [1.165, 1.54) is 6.92 Å². The van der Waals surface area contributed by atoms with Crippen LogP contribution in [0.3, 0.4) is 0 Å². The molecule has 0 fully saturated rings. The molecule has 7 heteroatoms. The fraction of sp³-hybridized carbons (Fsp3) is 0.250. The largest absolute Gasteiger partial charge is 0.399 e. The molecule has 0 radical (unpaired) electrons. The molecule has 0 aliphatic carbocycles. The van der Waals surface area contributed by atoms with Crippen LogP contribution in [0.4, 0.5) is 17.3 Å². The molecule has 0 bridgehead atoms. The fourth-order valence-corrected chi connectivity index (χ4v) is 2.91. The Morgan fingerprint density at radius 3 is 2.67 bits per heavy atom. The van der Waals surface area contributed by atoms with Crippen LogP contribution in [-0.2, 0) is 11.3 Å². The number of imidazole rings is 1. The van der Waals surface area contributed by atoms with E-state index in [-0.39, 0.29) is 11.8 Å². The van der Waals surface area contributed by atoms with Gasteiger partial charge in [-0.2, -0.15) is 0 Å². The number of nitrogens with one attached hydrogen (secondary N) is 1. The zero-order valence-corrected chi connectivity index (χ0v) is 15.7. The Bertz CT molecular complexity index is 1010. The number of nitrogens with zero attached hydrogens (tertiary/aromatic N) is 3. The number of anilines is 3. The summed E-state index contributed by atoms with van der Waals surface area (Å²) in [5.41, 5.74) is 9.15. The standard InChI is InChI=1S/C20H23N5O2/c1-4-10-25-18-9-8-16(24(3)13(2)26)12-17(18)22-20(25)23-19(27)14-6-5-7-15(21)11-14/h5-9,11-12H,4,10,21H2,1-3H3,(H,22,23,27). The van der Waals surface area contributed by atoms with Crippen molar-refractivity contribution in [3.8, 4) is 0 Å². The van der Waals surface area contributed by atoms with Gasteiger partial charge >= 0.3 is 0 Å². The molecule has 3 rings (SSSR count). The fourth-order valence-electron chi connectivity index (χ4n) is 2.91. The van der Waals surface area contributed by atoms with Crippen LogP contribution in [0.15, 0.2) is 42.5 Å². The zero-order valence-electron chi connectivity index (χ0n) is 15.7. The monoisotopic (exact) mass is 365 g/mol. The van der Waals surface area contributed by atoms with Crippen LogP contribution in [0.2, 0.25) is 0 Å². The van der Waals surface area contributed by atoms with Crippen LogP contribution < -0.4 is 16.0 Å². The molecule has 3 N–H and O–H groups in total. The molecule has 0 saturated carbocycles. The van der Waals surface area contributed by atoms with Crippen molar-refractivity contribution in [2.45, 2.75) is 26.8 Å². The Hall–Kier alpha value is -3.35. The van der Waals surface area contributed by atoms with E-state index in [0.717, 1.165) is 23.1 Å². The van der Waals surface area contributed by atoms with Gasteiger partial charge in [0.2, 0.25) is 11.9 Å². The Morgan fingerprint density at radius 2 is 2.00 bits per heavy atom. The van der Waals surface area contributed by atoms with Crippen LogP contribution in [0, 0.1) is 0 Å². The minimum atomic E-state index is -0.268. The quantitative estimate of drug-likeness (QED) is 0.679. The molecular weight excluding hydrogens is 342 g/mol. The molecule has 7 nitrogen and oxygen atoms in total. The van der Waals surface area contributed by atoms with Crippen LogP contribution >= 0.6 is 0 Å². The number of aromatic nitrogens is 2. The number of aryl methyl sites for hydroxylation is 1. The first kappa shape index (κ1) is 18.4. The molecule has 0 saturated heterocycles. The summed E-state index contributed by atoms with van der Waals surface area (Å²) in [4.78, 5) is 30.4. The van der Waals surface area contributed by atoms with E-state index in [1.54, 1.807) is 36.2 Å². The first-order valence-electron chi connectivity index (χ1n) is 8.82. The molecule has 0 aliphatic heterocycles. The Morgan fingerprint density at radius 1 is 1.22 bits per heavy atom. The maximum absolute atomic E-state index is 12.6. The highest BCUT2D eigenvalue weighted by Gasteiger charge is 2.16. The normalized spacial score (nSPS) is 10.8. The summed E-state index contributed by atoms with van der Waals surface area (Å²) in [5, 5.41) is 2.88. The molecule has 2 amide bonds. The number of fused-ring (bicyclic) bond motifs is 1. The Balaban J connectivity index is 1.99. The Labute approximate surface area is 157 Å². The van der Waals surface area contributed by atoms with Crippen molar-refractivity contribution in [3.63, 3.8) is 0 Å². The molecule has 0 unspecified atom stereocenters. The molecule has 2 aromatic carbocycles. The second-order valence-corrected chi connectivity index (χ2v) is 6.42. The van der Waals surface area contributed by atoms with Crippen molar-refractivity contribution in [3.05, 3.63) is 48.0 Å². The van der Waals surface area contributed by atoms with Gasteiger partial charge in [0.25, 0.3) is 5.91 Å². The average Bonchev–Trinajstić information content (AvgIpc) is 2.97. The van der Waals surface area contributed by atoms with E-state index in [4.69, 9.17) is 5.73 Å². The van der Waals surface area contributed by atoms with Gasteiger partial charge < -0.3 is 15.2 Å². The number of hydrogen-bond donors (Lipinski definition) is 2. The van der Waals surface area contributed by atoms with Crippen LogP contribution in [0.5, 0.6) is 0 Å². The molecule has 0 aliphatic rings. The van der Waals surface area contributed by atoms with Crippen molar-refractivity contribution >= 4 is 40.2 Å². The maximum atomic E-state index is 12.6. The molecule has 140 valence electrons. The summed E-state index contributed by atoms with van der Waals surface area (Å²) in [5.74, 6) is 0.149. The summed E-state index contributed by atoms with van der Waals surface area (Å²) < 4.78 is 1.97. The van der Waals surface area contributed by atoms with Gasteiger partial charge in [-0.1, -0.05) is 13.0 Å². The van der Waals surface area contributed by atoms with Crippen molar-refractivity contribution in [1.29, 1.82) is 0 Å². The number of amides is 2. The number of nitrogen functional groups attached to an aromatic ring is 1. The molecule has 1 aromatic heterocycles. The van der Waals surface area contributed by atoms with Gasteiger partial charge in [-0.25, -0.2) is 4.98 Å². The van der Waals surface area contributed by atoms with E-state index in [1.807, 2.05) is 22.8 Å². The van der Waals surface area contributed by atoms with Gasteiger partial charge in [-0.15, -0.1) is 0 Å². The Kier molecular flexibility index (Phi) is 5.12. The number of nitrogens with two attached hydrogens (primary N) is 1. The molecule has 0 spiro atoms. The van der Waals surface area contributed by atoms with E-state index < -0.39 is 0 Å². The van der Waals surface area contributed by atoms with Crippen LogP contribution in [0.25, 0.3) is 11.0 Å². The highest BCUT2D eigenvalue weighted by atomic mass is 16.2. The summed E-state index contributed by atoms with van der Waals surface area (Å²) >= 11 is 0. The van der Waals surface area contributed by atoms with Gasteiger partial charge in [0.05, 0.1) is 11.0 Å². The summed E-state index contributed by atoms with van der Waals surface area (Å²) in [7, 11) is 1.72. The zero-order chi connectivity index (χ0) is 19.6. The van der Waals surface area contributed by atoms with E-state index in [2.05, 4.69) is 17.2 Å². The number of rotatable bonds is 5. The summed E-state index contributed by atoms with van der Waals surface area (Å²) in [6.07, 6.45) is 0.891. The lowest BCUT2D eigenvalue weighted by atomic mass is 10.2. The van der Waals surface area contributed by atoms with Crippen molar-refractivity contribution in [1.82, 2.24) is 9.55 Å². The smallest absolute Gasteiger partial charge is 0.258 e. The van der Waals surface area contributed by atoms with Crippen molar-refractivity contribution in [2.75, 3.05) is 23.0 Å². The predicted molar refractivity (Wildman–Crippen MR) is 108 cm³/mol. The summed E-state index contributed by atoms with van der Waals surface area (Å²) in [6, 6.07) is 12.4. The topological polar surface area (TPSA) is 93.2 Å². The number of hydrogen-bond acceptors (Lipinski definition) is 4. The van der Waals surface area contributed by atoms with Crippen LogP contribution in [-0.4, -0.2) is 28.4 Å². The van der Waals surface area contributed by atoms with E-state index in [0.29, 0.717) is 23.7 Å². The third-order valence-electron chi connectivity index (χ3n) is 4.41. The lowest BCUT2D eigenvalue weighted by molar-refractivity contribution is -0.116. The molecular formula is C20H23N5O2. The summed E-state index contributed by atoms with van der Waals surface area (Å²) in [6.45, 7) is 4.29. The average molecular weight is 365 g/mol. The van der Waals surface area contributed by atoms with Gasteiger partial charge in [-0.05, 0) is 42.8 Å². The SMILES string of the molecule is CCCn1c(NC(=O)c2cccc(N)c2)nc2cc(N(C)C(C)=O)ccc21. The van der Waals surface area contributed by atoms with Crippen molar-refractivity contribution in [2.24, 2.45) is 0 Å². The first-order valence-corrected chi connectivity index (χ1v) is 8.82. The number of carbonyl (C=O) groups is 2. The third kappa shape index (κ3) is 3.76. The van der Waals surface area contributed by atoms with Gasteiger partial charge in [0.15, 0.2) is 0 Å². The minimum absolute atomic E-state index is 0.0578. The second kappa shape index (κ2) is 7.49. The van der Waals surface area contributed by atoms with Crippen LogP contribution in [0.1, 0.15) is 30.6 Å².